The summed E-state index contributed by atoms with van der Waals surface area (Å²) in [6.45, 7) is 3.54. The quantitative estimate of drug-likeness (QED) is 0.870. The fourth-order valence-electron chi connectivity index (χ4n) is 3.02. The van der Waals surface area contributed by atoms with Gasteiger partial charge < -0.3 is 15.3 Å². The van der Waals surface area contributed by atoms with Crippen LogP contribution in [0.25, 0.3) is 0 Å². The molecule has 0 spiro atoms. The van der Waals surface area contributed by atoms with Gasteiger partial charge >= 0.3 is 0 Å². The third-order valence-electron chi connectivity index (χ3n) is 4.18. The number of aliphatic hydroxyl groups is 1. The predicted octanol–water partition coefficient (Wildman–Crippen LogP) is 2.67. The third-order valence-corrected chi connectivity index (χ3v) is 4.18. The number of anilines is 1. The minimum absolute atomic E-state index is 0.134. The molecule has 1 aliphatic carbocycles. The van der Waals surface area contributed by atoms with Crippen LogP contribution in [0.15, 0.2) is 18.2 Å². The number of benzene rings is 1. The zero-order chi connectivity index (χ0) is 14.5. The van der Waals surface area contributed by atoms with Gasteiger partial charge in [0.25, 0.3) is 0 Å². The van der Waals surface area contributed by atoms with E-state index in [1.165, 1.54) is 6.07 Å². The summed E-state index contributed by atoms with van der Waals surface area (Å²) >= 11 is 0. The second-order valence-corrected chi connectivity index (χ2v) is 5.58. The highest BCUT2D eigenvalue weighted by atomic mass is 19.1. The number of hydrogen-bond donors (Lipinski definition) is 2. The lowest BCUT2D eigenvalue weighted by Crippen LogP contribution is -2.44. The molecular weight excluding hydrogens is 255 g/mol. The molecule has 0 amide bonds. The second-order valence-electron chi connectivity index (χ2n) is 5.58. The summed E-state index contributed by atoms with van der Waals surface area (Å²) in [6.07, 6.45) is 3.81. The van der Waals surface area contributed by atoms with E-state index in [9.17, 15) is 9.50 Å². The molecule has 0 saturated heterocycles. The normalized spacial score (nSPS) is 22.8. The van der Waals surface area contributed by atoms with Crippen LogP contribution < -0.4 is 10.2 Å². The Kier molecular flexibility index (Phi) is 5.38. The fraction of sp³-hybridized carbons (Fsp3) is 0.625. The van der Waals surface area contributed by atoms with Crippen molar-refractivity contribution in [3.8, 4) is 0 Å². The molecule has 0 heterocycles. The molecule has 0 aromatic heterocycles. The van der Waals surface area contributed by atoms with Crippen LogP contribution in [0.4, 0.5) is 10.1 Å². The van der Waals surface area contributed by atoms with Gasteiger partial charge in [-0.15, -0.1) is 0 Å². The van der Waals surface area contributed by atoms with E-state index in [0.717, 1.165) is 43.5 Å². The number of rotatable bonds is 5. The number of aliphatic hydroxyl groups excluding tert-OH is 1. The van der Waals surface area contributed by atoms with Gasteiger partial charge in [0, 0.05) is 19.3 Å². The van der Waals surface area contributed by atoms with E-state index >= 15 is 0 Å². The lowest BCUT2D eigenvalue weighted by Gasteiger charge is -2.37. The maximum absolute atomic E-state index is 13.5. The van der Waals surface area contributed by atoms with Crippen LogP contribution in [-0.4, -0.2) is 30.8 Å². The number of nitrogens with one attached hydrogen (secondary N) is 1. The number of nitrogens with zero attached hydrogens (tertiary/aromatic N) is 1. The molecule has 1 fully saturated rings. The molecule has 112 valence electrons. The Morgan fingerprint density at radius 2 is 2.10 bits per heavy atom. The SMILES string of the molecule is CCNCc1cc(F)ccc1N(C)C1CCCCC1O. The van der Waals surface area contributed by atoms with Gasteiger partial charge in [0.05, 0.1) is 12.1 Å². The van der Waals surface area contributed by atoms with Crippen molar-refractivity contribution in [2.75, 3.05) is 18.5 Å². The van der Waals surface area contributed by atoms with Crippen LogP contribution in [0, 0.1) is 5.82 Å². The van der Waals surface area contributed by atoms with Crippen molar-refractivity contribution in [2.45, 2.75) is 51.3 Å². The average Bonchev–Trinajstić information content (AvgIpc) is 2.45. The number of hydrogen-bond acceptors (Lipinski definition) is 3. The molecule has 1 aromatic carbocycles. The predicted molar refractivity (Wildman–Crippen MR) is 80.4 cm³/mol. The van der Waals surface area contributed by atoms with Gasteiger partial charge in [0.15, 0.2) is 0 Å². The zero-order valence-corrected chi connectivity index (χ0v) is 12.4. The maximum Gasteiger partial charge on any atom is 0.123 e. The first-order valence-corrected chi connectivity index (χ1v) is 7.53. The summed E-state index contributed by atoms with van der Waals surface area (Å²) in [6, 6.07) is 5.04. The van der Waals surface area contributed by atoms with Gasteiger partial charge in [-0.2, -0.15) is 0 Å². The molecule has 0 aliphatic heterocycles. The van der Waals surface area contributed by atoms with Crippen LogP contribution >= 0.6 is 0 Å². The monoisotopic (exact) mass is 280 g/mol. The standard InChI is InChI=1S/C16H25FN2O/c1-3-18-11-12-10-13(17)8-9-14(12)19(2)15-6-4-5-7-16(15)20/h8-10,15-16,18,20H,3-7,11H2,1-2H3. The van der Waals surface area contributed by atoms with Crippen LogP contribution in [0.5, 0.6) is 0 Å². The Balaban J connectivity index is 2.21. The molecule has 3 nitrogen and oxygen atoms in total. The van der Waals surface area contributed by atoms with Gasteiger partial charge in [-0.25, -0.2) is 4.39 Å². The minimum Gasteiger partial charge on any atom is -0.391 e. The molecule has 1 aliphatic rings. The van der Waals surface area contributed by atoms with Crippen molar-refractivity contribution in [3.05, 3.63) is 29.6 Å². The van der Waals surface area contributed by atoms with Crippen LogP contribution in [0.2, 0.25) is 0 Å². The smallest absolute Gasteiger partial charge is 0.123 e. The van der Waals surface area contributed by atoms with Crippen LogP contribution in [0.1, 0.15) is 38.2 Å². The first-order valence-electron chi connectivity index (χ1n) is 7.53. The van der Waals surface area contributed by atoms with E-state index in [1.54, 1.807) is 6.07 Å². The highest BCUT2D eigenvalue weighted by Crippen LogP contribution is 2.29. The van der Waals surface area contributed by atoms with E-state index < -0.39 is 0 Å². The summed E-state index contributed by atoms with van der Waals surface area (Å²) in [4.78, 5) is 2.12. The highest BCUT2D eigenvalue weighted by Gasteiger charge is 2.27. The summed E-state index contributed by atoms with van der Waals surface area (Å²) in [5.41, 5.74) is 1.96. The van der Waals surface area contributed by atoms with Crippen molar-refractivity contribution in [1.29, 1.82) is 0 Å². The minimum atomic E-state index is -0.286. The van der Waals surface area contributed by atoms with Gasteiger partial charge in [-0.3, -0.25) is 0 Å². The maximum atomic E-state index is 13.5. The van der Waals surface area contributed by atoms with Crippen molar-refractivity contribution in [1.82, 2.24) is 5.32 Å². The number of halogens is 1. The van der Waals surface area contributed by atoms with Gasteiger partial charge in [-0.1, -0.05) is 19.8 Å². The molecule has 2 atom stereocenters. The molecule has 1 aromatic rings. The van der Waals surface area contributed by atoms with Crippen molar-refractivity contribution < 1.29 is 9.50 Å². The Morgan fingerprint density at radius 1 is 1.35 bits per heavy atom. The molecule has 2 rings (SSSR count). The summed E-state index contributed by atoms with van der Waals surface area (Å²) in [7, 11) is 2.00. The lowest BCUT2D eigenvalue weighted by atomic mass is 9.91. The largest absolute Gasteiger partial charge is 0.391 e. The van der Waals surface area contributed by atoms with E-state index in [4.69, 9.17) is 0 Å². The number of likely N-dealkylation sites (N-methyl/N-ethyl adjacent to an activating group) is 1. The fourth-order valence-corrected chi connectivity index (χ4v) is 3.02. The Labute approximate surface area is 120 Å². The Bertz CT molecular complexity index is 438. The topological polar surface area (TPSA) is 35.5 Å². The third kappa shape index (κ3) is 3.49. The average molecular weight is 280 g/mol. The first kappa shape index (κ1) is 15.3. The second kappa shape index (κ2) is 7.04. The van der Waals surface area contributed by atoms with Gasteiger partial charge in [0.2, 0.25) is 0 Å². The van der Waals surface area contributed by atoms with Crippen molar-refractivity contribution >= 4 is 5.69 Å². The summed E-state index contributed by atoms with van der Waals surface area (Å²) in [5.74, 6) is -0.209. The molecule has 2 N–H and O–H groups in total. The Morgan fingerprint density at radius 3 is 2.80 bits per heavy atom. The van der Waals surface area contributed by atoms with Crippen molar-refractivity contribution in [2.24, 2.45) is 0 Å². The molecule has 4 heteroatoms. The van der Waals surface area contributed by atoms with Crippen molar-refractivity contribution in [3.63, 3.8) is 0 Å². The summed E-state index contributed by atoms with van der Waals surface area (Å²) < 4.78 is 13.5. The Hall–Kier alpha value is -1.13. The van der Waals surface area contributed by atoms with E-state index in [1.807, 2.05) is 20.0 Å². The zero-order valence-electron chi connectivity index (χ0n) is 12.4. The van der Waals surface area contributed by atoms with Gasteiger partial charge in [0.1, 0.15) is 5.82 Å². The van der Waals surface area contributed by atoms with E-state index in [2.05, 4.69) is 10.2 Å². The van der Waals surface area contributed by atoms with Crippen LogP contribution in [0.3, 0.4) is 0 Å². The molecule has 0 radical (unpaired) electrons. The molecule has 20 heavy (non-hydrogen) atoms. The van der Waals surface area contributed by atoms with E-state index in [0.29, 0.717) is 6.54 Å². The van der Waals surface area contributed by atoms with E-state index in [-0.39, 0.29) is 18.0 Å². The molecule has 2 unspecified atom stereocenters. The molecular formula is C16H25FN2O. The molecule has 0 bridgehead atoms. The molecule has 1 saturated carbocycles. The summed E-state index contributed by atoms with van der Waals surface area (Å²) in [5, 5.41) is 13.4. The van der Waals surface area contributed by atoms with Gasteiger partial charge in [-0.05, 0) is 43.1 Å². The first-order chi connectivity index (χ1) is 9.63. The van der Waals surface area contributed by atoms with Crippen LogP contribution in [-0.2, 0) is 6.54 Å². The lowest BCUT2D eigenvalue weighted by molar-refractivity contribution is 0.106. The highest BCUT2D eigenvalue weighted by molar-refractivity contribution is 5.54.